The van der Waals surface area contributed by atoms with Gasteiger partial charge in [0.1, 0.15) is 11.4 Å². The maximum atomic E-state index is 13.0. The summed E-state index contributed by atoms with van der Waals surface area (Å²) >= 11 is 0. The van der Waals surface area contributed by atoms with Gasteiger partial charge < -0.3 is 9.73 Å². The fraction of sp³-hybridized carbons (Fsp3) is 0.400. The van der Waals surface area contributed by atoms with Crippen molar-refractivity contribution >= 4 is 16.8 Å². The predicted molar refractivity (Wildman–Crippen MR) is 72.9 cm³/mol. The summed E-state index contributed by atoms with van der Waals surface area (Å²) in [5.41, 5.74) is 0.519. The Balaban J connectivity index is 2.05. The number of halogens is 1. The molecular weight excluding hydrogens is 245 g/mol. The van der Waals surface area contributed by atoms with Gasteiger partial charge in [-0.1, -0.05) is 0 Å². The van der Waals surface area contributed by atoms with Crippen LogP contribution in [0.3, 0.4) is 0 Å². The summed E-state index contributed by atoms with van der Waals surface area (Å²) in [7, 11) is 0. The second-order valence-corrected chi connectivity index (χ2v) is 5.64. The number of benzene rings is 1. The molecule has 0 aliphatic carbocycles. The number of hydrogen-bond donors (Lipinski definition) is 1. The lowest BCUT2D eigenvalue weighted by Crippen LogP contribution is -2.37. The largest absolute Gasteiger partial charge is 0.453 e. The molecule has 0 spiro atoms. The number of ketones is 1. The highest BCUT2D eigenvalue weighted by atomic mass is 19.1. The zero-order chi connectivity index (χ0) is 14.0. The molecule has 0 radical (unpaired) electrons. The molecule has 1 aromatic carbocycles. The molecule has 0 atom stereocenters. The number of hydrogen-bond acceptors (Lipinski definition) is 3. The summed E-state index contributed by atoms with van der Waals surface area (Å²) in [5.74, 6) is -0.119. The van der Waals surface area contributed by atoms with E-state index in [9.17, 15) is 9.18 Å². The van der Waals surface area contributed by atoms with Gasteiger partial charge in [0.05, 0.1) is 0 Å². The average molecular weight is 263 g/mol. The molecule has 1 N–H and O–H groups in total. The summed E-state index contributed by atoms with van der Waals surface area (Å²) in [6, 6.07) is 5.82. The number of Topliss-reactive ketones (excluding diaryl/α,β-unsaturated/α-hetero) is 1. The highest BCUT2D eigenvalue weighted by Crippen LogP contribution is 2.21. The second kappa shape index (κ2) is 5.13. The van der Waals surface area contributed by atoms with Gasteiger partial charge in [-0.3, -0.25) is 4.79 Å². The first kappa shape index (κ1) is 13.7. The van der Waals surface area contributed by atoms with E-state index in [-0.39, 0.29) is 22.9 Å². The molecule has 0 amide bonds. The molecule has 102 valence electrons. The van der Waals surface area contributed by atoms with E-state index in [1.807, 2.05) is 20.8 Å². The molecule has 0 bridgehead atoms. The zero-order valence-electron chi connectivity index (χ0n) is 11.4. The average Bonchev–Trinajstić information content (AvgIpc) is 2.70. The summed E-state index contributed by atoms with van der Waals surface area (Å²) in [5, 5.41) is 3.86. The molecular formula is C15H18FNO2. The standard InChI is InChI=1S/C15H18FNO2/c1-15(2,3)17-7-6-12(18)14-9-10-8-11(16)4-5-13(10)19-14/h4-5,8-9,17H,6-7H2,1-3H3. The van der Waals surface area contributed by atoms with Gasteiger partial charge in [-0.25, -0.2) is 4.39 Å². The van der Waals surface area contributed by atoms with E-state index in [0.717, 1.165) is 0 Å². The van der Waals surface area contributed by atoms with Crippen LogP contribution in [-0.2, 0) is 0 Å². The molecule has 1 heterocycles. The van der Waals surface area contributed by atoms with E-state index < -0.39 is 0 Å². The van der Waals surface area contributed by atoms with Crippen molar-refractivity contribution in [1.82, 2.24) is 5.32 Å². The van der Waals surface area contributed by atoms with Crippen molar-refractivity contribution in [2.45, 2.75) is 32.7 Å². The molecule has 0 unspecified atom stereocenters. The van der Waals surface area contributed by atoms with Crippen LogP contribution in [-0.4, -0.2) is 17.9 Å². The van der Waals surface area contributed by atoms with Crippen LogP contribution in [0.25, 0.3) is 11.0 Å². The van der Waals surface area contributed by atoms with E-state index >= 15 is 0 Å². The van der Waals surface area contributed by atoms with Crippen LogP contribution in [0.15, 0.2) is 28.7 Å². The van der Waals surface area contributed by atoms with Crippen LogP contribution in [0.2, 0.25) is 0 Å². The van der Waals surface area contributed by atoms with E-state index in [1.165, 1.54) is 18.2 Å². The monoisotopic (exact) mass is 263 g/mol. The third kappa shape index (κ3) is 3.64. The van der Waals surface area contributed by atoms with Gasteiger partial charge in [-0.2, -0.15) is 0 Å². The molecule has 3 nitrogen and oxygen atoms in total. The lowest BCUT2D eigenvalue weighted by atomic mass is 10.1. The summed E-state index contributed by atoms with van der Waals surface area (Å²) in [6.45, 7) is 6.72. The zero-order valence-corrected chi connectivity index (χ0v) is 11.4. The van der Waals surface area contributed by atoms with Crippen molar-refractivity contribution in [3.8, 4) is 0 Å². The number of carbonyl (C=O) groups excluding carboxylic acids is 1. The van der Waals surface area contributed by atoms with Gasteiger partial charge in [0, 0.05) is 23.9 Å². The van der Waals surface area contributed by atoms with Crippen LogP contribution in [0.5, 0.6) is 0 Å². The SMILES string of the molecule is CC(C)(C)NCCC(=O)c1cc2cc(F)ccc2o1. The quantitative estimate of drug-likeness (QED) is 0.858. The van der Waals surface area contributed by atoms with Gasteiger partial charge in [0.25, 0.3) is 0 Å². The fourth-order valence-electron chi connectivity index (χ4n) is 1.83. The Morgan fingerprint density at radius 2 is 2.05 bits per heavy atom. The molecule has 4 heteroatoms. The normalized spacial score (nSPS) is 12.0. The Kier molecular flexibility index (Phi) is 3.71. The minimum Gasteiger partial charge on any atom is -0.453 e. The second-order valence-electron chi connectivity index (χ2n) is 5.64. The maximum Gasteiger partial charge on any atom is 0.199 e. The van der Waals surface area contributed by atoms with E-state index in [2.05, 4.69) is 5.32 Å². The smallest absolute Gasteiger partial charge is 0.199 e. The van der Waals surface area contributed by atoms with E-state index in [4.69, 9.17) is 4.42 Å². The number of carbonyl (C=O) groups is 1. The summed E-state index contributed by atoms with van der Waals surface area (Å²) < 4.78 is 18.5. The lowest BCUT2D eigenvalue weighted by Gasteiger charge is -2.19. The van der Waals surface area contributed by atoms with Crippen molar-refractivity contribution < 1.29 is 13.6 Å². The van der Waals surface area contributed by atoms with E-state index in [0.29, 0.717) is 23.9 Å². The van der Waals surface area contributed by atoms with Crippen molar-refractivity contribution in [1.29, 1.82) is 0 Å². The molecule has 0 fully saturated rings. The predicted octanol–water partition coefficient (Wildman–Crippen LogP) is 3.53. The third-order valence-electron chi connectivity index (χ3n) is 2.76. The van der Waals surface area contributed by atoms with Crippen LogP contribution in [0.4, 0.5) is 4.39 Å². The van der Waals surface area contributed by atoms with Gasteiger partial charge in [-0.15, -0.1) is 0 Å². The Morgan fingerprint density at radius 1 is 1.32 bits per heavy atom. The Hall–Kier alpha value is -1.68. The number of fused-ring (bicyclic) bond motifs is 1. The van der Waals surface area contributed by atoms with Crippen LogP contribution in [0.1, 0.15) is 37.7 Å². The van der Waals surface area contributed by atoms with Crippen molar-refractivity contribution in [3.05, 3.63) is 35.8 Å². The molecule has 0 aliphatic rings. The fourth-order valence-corrected chi connectivity index (χ4v) is 1.83. The molecule has 0 saturated carbocycles. The molecule has 19 heavy (non-hydrogen) atoms. The highest BCUT2D eigenvalue weighted by Gasteiger charge is 2.14. The number of rotatable bonds is 4. The molecule has 0 aliphatic heterocycles. The van der Waals surface area contributed by atoms with Crippen molar-refractivity contribution in [2.75, 3.05) is 6.54 Å². The van der Waals surface area contributed by atoms with Crippen LogP contribution in [0, 0.1) is 5.82 Å². The summed E-state index contributed by atoms with van der Waals surface area (Å²) in [6.07, 6.45) is 0.361. The molecule has 1 aromatic heterocycles. The van der Waals surface area contributed by atoms with Crippen molar-refractivity contribution in [3.63, 3.8) is 0 Å². The van der Waals surface area contributed by atoms with Gasteiger partial charge in [0.15, 0.2) is 11.5 Å². The number of nitrogens with one attached hydrogen (secondary N) is 1. The first-order valence-corrected chi connectivity index (χ1v) is 6.32. The van der Waals surface area contributed by atoms with Gasteiger partial charge >= 0.3 is 0 Å². The van der Waals surface area contributed by atoms with E-state index in [1.54, 1.807) is 6.07 Å². The first-order valence-electron chi connectivity index (χ1n) is 6.32. The third-order valence-corrected chi connectivity index (χ3v) is 2.76. The van der Waals surface area contributed by atoms with Gasteiger partial charge in [-0.05, 0) is 45.0 Å². The molecule has 2 rings (SSSR count). The topological polar surface area (TPSA) is 42.2 Å². The minimum atomic E-state index is -0.332. The Labute approximate surface area is 111 Å². The lowest BCUT2D eigenvalue weighted by molar-refractivity contribution is 0.0956. The van der Waals surface area contributed by atoms with Crippen LogP contribution >= 0.6 is 0 Å². The Bertz CT molecular complexity index is 596. The number of furan rings is 1. The van der Waals surface area contributed by atoms with Crippen LogP contribution < -0.4 is 5.32 Å². The maximum absolute atomic E-state index is 13.0. The molecule has 2 aromatic rings. The van der Waals surface area contributed by atoms with Gasteiger partial charge in [0.2, 0.25) is 0 Å². The minimum absolute atomic E-state index is 0.0166. The molecule has 0 saturated heterocycles. The highest BCUT2D eigenvalue weighted by molar-refractivity contribution is 5.97. The Morgan fingerprint density at radius 3 is 2.74 bits per heavy atom. The summed E-state index contributed by atoms with van der Waals surface area (Å²) in [4.78, 5) is 12.0. The first-order chi connectivity index (χ1) is 8.85. The van der Waals surface area contributed by atoms with Crippen molar-refractivity contribution in [2.24, 2.45) is 0 Å².